The Morgan fingerprint density at radius 2 is 0.542 bits per heavy atom. The summed E-state index contributed by atoms with van der Waals surface area (Å²) in [7, 11) is 0. The Hall–Kier alpha value is -10.0. The monoisotopic (exact) mass is 918 g/mol. The average molecular weight is 919 g/mol. The quantitative estimate of drug-likeness (QED) is 0.0905. The molecule has 0 bridgehead atoms. The van der Waals surface area contributed by atoms with E-state index in [0.717, 1.165) is 100 Å². The van der Waals surface area contributed by atoms with Gasteiger partial charge in [-0.15, -0.1) is 0 Å². The molecule has 338 valence electrons. The standard InChI is InChI=1S/C68H46N4/c69-47-53-25-35-55(36-26-53)67-64-44-34-52(24-22-50-31-41-62(42-32-50)72(59-17-9-3-10-18-59)60-19-11-4-12-20-60)46-66(64)68(56-37-27-54(48-70)28-38-56)63-43-33-51(45-65(63)67)23-21-49-29-39-61(40-30-49)71(57-13-5-1-6-14-57)58-15-7-2-8-16-58/h1-46H/b23-21+,24-22+. The molecular formula is C68H46N4. The SMILES string of the molecule is N#Cc1ccc(-c2c3ccc(/C=C/c4ccc(N(c5ccccc5)c5ccccc5)cc4)cc3c(-c3ccc(C#N)cc3)c3ccc(/C=C/c4ccc(N(c5ccccc5)c5ccccc5)cc4)cc23)cc1. The van der Waals surface area contributed by atoms with E-state index in [4.69, 9.17) is 0 Å². The van der Waals surface area contributed by atoms with Crippen LogP contribution in [0.1, 0.15) is 33.4 Å². The van der Waals surface area contributed by atoms with E-state index in [1.807, 2.05) is 48.5 Å². The third-order valence-corrected chi connectivity index (χ3v) is 13.1. The molecule has 0 radical (unpaired) electrons. The van der Waals surface area contributed by atoms with Crippen molar-refractivity contribution in [3.63, 3.8) is 0 Å². The number of anilines is 6. The fourth-order valence-electron chi connectivity index (χ4n) is 9.57. The van der Waals surface area contributed by atoms with Gasteiger partial charge in [-0.25, -0.2) is 0 Å². The number of hydrogen-bond acceptors (Lipinski definition) is 4. The molecule has 0 aliphatic rings. The second kappa shape index (κ2) is 20.3. The molecule has 0 saturated heterocycles. The smallest absolute Gasteiger partial charge is 0.0991 e. The first kappa shape index (κ1) is 44.5. The van der Waals surface area contributed by atoms with E-state index in [-0.39, 0.29) is 0 Å². The summed E-state index contributed by atoms with van der Waals surface area (Å²) in [5.74, 6) is 0. The van der Waals surface area contributed by atoms with Crippen LogP contribution in [0.3, 0.4) is 0 Å². The molecule has 0 aliphatic heterocycles. The molecule has 0 aliphatic carbocycles. The Morgan fingerprint density at radius 1 is 0.264 bits per heavy atom. The molecule has 4 heteroatoms. The molecule has 0 heterocycles. The van der Waals surface area contributed by atoms with Gasteiger partial charge in [-0.05, 0) is 175 Å². The molecule has 11 rings (SSSR count). The molecule has 72 heavy (non-hydrogen) atoms. The minimum absolute atomic E-state index is 0.611. The maximum atomic E-state index is 9.79. The molecule has 4 nitrogen and oxygen atoms in total. The predicted molar refractivity (Wildman–Crippen MR) is 302 cm³/mol. The van der Waals surface area contributed by atoms with Crippen LogP contribution in [0.5, 0.6) is 0 Å². The Morgan fingerprint density at radius 3 is 0.847 bits per heavy atom. The summed E-state index contributed by atoms with van der Waals surface area (Å²) in [5.41, 5.74) is 16.3. The normalized spacial score (nSPS) is 11.2. The topological polar surface area (TPSA) is 54.1 Å². The molecule has 0 saturated carbocycles. The summed E-state index contributed by atoms with van der Waals surface area (Å²) in [6.45, 7) is 0. The average Bonchev–Trinajstić information content (AvgIpc) is 3.45. The molecule has 11 aromatic rings. The molecule has 0 N–H and O–H groups in total. The van der Waals surface area contributed by atoms with Gasteiger partial charge in [0.05, 0.1) is 23.3 Å². The zero-order chi connectivity index (χ0) is 48.6. The van der Waals surface area contributed by atoms with Crippen LogP contribution in [0, 0.1) is 22.7 Å². The van der Waals surface area contributed by atoms with Crippen molar-refractivity contribution in [3.05, 3.63) is 288 Å². The van der Waals surface area contributed by atoms with Crippen LogP contribution < -0.4 is 9.80 Å². The number of nitrogens with zero attached hydrogens (tertiary/aromatic N) is 4. The van der Waals surface area contributed by atoms with E-state index >= 15 is 0 Å². The summed E-state index contributed by atoms with van der Waals surface area (Å²) in [5, 5.41) is 23.9. The summed E-state index contributed by atoms with van der Waals surface area (Å²) < 4.78 is 0. The van der Waals surface area contributed by atoms with Gasteiger partial charge in [0, 0.05) is 34.1 Å². The number of nitriles is 2. The number of rotatable bonds is 12. The fraction of sp³-hybridized carbons (Fsp3) is 0. The molecule has 0 atom stereocenters. The summed E-state index contributed by atoms with van der Waals surface area (Å²) in [6, 6.07) is 92.9. The van der Waals surface area contributed by atoms with Crippen molar-refractivity contribution >= 4 is 80.0 Å². The van der Waals surface area contributed by atoms with E-state index in [1.54, 1.807) is 0 Å². The van der Waals surface area contributed by atoms with Crippen molar-refractivity contribution in [2.75, 3.05) is 9.80 Å². The van der Waals surface area contributed by atoms with Gasteiger partial charge >= 0.3 is 0 Å². The molecular weight excluding hydrogens is 873 g/mol. The first-order chi connectivity index (χ1) is 35.6. The van der Waals surface area contributed by atoms with E-state index in [9.17, 15) is 10.5 Å². The highest BCUT2D eigenvalue weighted by molar-refractivity contribution is 6.22. The highest BCUT2D eigenvalue weighted by Crippen LogP contribution is 2.45. The van der Waals surface area contributed by atoms with Crippen molar-refractivity contribution in [2.24, 2.45) is 0 Å². The molecule has 11 aromatic carbocycles. The van der Waals surface area contributed by atoms with Crippen LogP contribution in [0.2, 0.25) is 0 Å². The van der Waals surface area contributed by atoms with Crippen molar-refractivity contribution < 1.29 is 0 Å². The van der Waals surface area contributed by atoms with Crippen LogP contribution in [0.25, 0.3) is 68.1 Å². The molecule has 0 aromatic heterocycles. The zero-order valence-corrected chi connectivity index (χ0v) is 39.3. The van der Waals surface area contributed by atoms with Crippen LogP contribution >= 0.6 is 0 Å². The van der Waals surface area contributed by atoms with Crippen LogP contribution in [0.4, 0.5) is 34.1 Å². The number of fused-ring (bicyclic) bond motifs is 2. The fourth-order valence-corrected chi connectivity index (χ4v) is 9.57. The lowest BCUT2D eigenvalue weighted by Gasteiger charge is -2.25. The number of hydrogen-bond donors (Lipinski definition) is 0. The van der Waals surface area contributed by atoms with Crippen molar-refractivity contribution in [1.29, 1.82) is 10.5 Å². The summed E-state index contributed by atoms with van der Waals surface area (Å²) >= 11 is 0. The highest BCUT2D eigenvalue weighted by atomic mass is 15.1. The number of para-hydroxylation sites is 4. The van der Waals surface area contributed by atoms with Crippen LogP contribution in [0.15, 0.2) is 255 Å². The number of benzene rings is 11. The molecule has 0 spiro atoms. The Kier molecular flexibility index (Phi) is 12.5. The predicted octanol–water partition coefficient (Wildman–Crippen LogP) is 18.4. The van der Waals surface area contributed by atoms with E-state index in [1.165, 1.54) is 0 Å². The zero-order valence-electron chi connectivity index (χ0n) is 39.3. The summed E-state index contributed by atoms with van der Waals surface area (Å²) in [4.78, 5) is 4.53. The molecule has 0 fully saturated rings. The third-order valence-electron chi connectivity index (χ3n) is 13.1. The minimum atomic E-state index is 0.611. The first-order valence-electron chi connectivity index (χ1n) is 24.0. The largest absolute Gasteiger partial charge is 0.311 e. The van der Waals surface area contributed by atoms with Gasteiger partial charge in [-0.3, -0.25) is 0 Å². The lowest BCUT2D eigenvalue weighted by molar-refractivity contribution is 1.28. The maximum absolute atomic E-state index is 9.79. The highest BCUT2D eigenvalue weighted by Gasteiger charge is 2.19. The van der Waals surface area contributed by atoms with Crippen LogP contribution in [-0.2, 0) is 0 Å². The van der Waals surface area contributed by atoms with Gasteiger partial charge in [0.2, 0.25) is 0 Å². The lowest BCUT2D eigenvalue weighted by Crippen LogP contribution is -2.09. The van der Waals surface area contributed by atoms with Gasteiger partial charge in [0.15, 0.2) is 0 Å². The van der Waals surface area contributed by atoms with E-state index < -0.39 is 0 Å². The van der Waals surface area contributed by atoms with Gasteiger partial charge in [0.25, 0.3) is 0 Å². The third kappa shape index (κ3) is 9.28. The Labute approximate surface area is 420 Å². The Bertz CT molecular complexity index is 3480. The maximum Gasteiger partial charge on any atom is 0.0991 e. The lowest BCUT2D eigenvalue weighted by atomic mass is 9.84. The van der Waals surface area contributed by atoms with Gasteiger partial charge < -0.3 is 9.80 Å². The second-order valence-electron chi connectivity index (χ2n) is 17.6. The van der Waals surface area contributed by atoms with Crippen LogP contribution in [-0.4, -0.2) is 0 Å². The Balaban J connectivity index is 0.987. The molecule has 0 unspecified atom stereocenters. The first-order valence-corrected chi connectivity index (χ1v) is 24.0. The minimum Gasteiger partial charge on any atom is -0.311 e. The van der Waals surface area contributed by atoms with E-state index in [0.29, 0.717) is 11.1 Å². The van der Waals surface area contributed by atoms with Crippen molar-refractivity contribution in [1.82, 2.24) is 0 Å². The van der Waals surface area contributed by atoms with Gasteiger partial charge in [0.1, 0.15) is 0 Å². The van der Waals surface area contributed by atoms with Crippen molar-refractivity contribution in [2.45, 2.75) is 0 Å². The molecule has 0 amide bonds. The van der Waals surface area contributed by atoms with E-state index in [2.05, 4.69) is 252 Å². The van der Waals surface area contributed by atoms with Gasteiger partial charge in [-0.1, -0.05) is 170 Å². The van der Waals surface area contributed by atoms with Crippen molar-refractivity contribution in [3.8, 4) is 34.4 Å². The summed E-state index contributed by atoms with van der Waals surface area (Å²) in [6.07, 6.45) is 8.68. The van der Waals surface area contributed by atoms with Gasteiger partial charge in [-0.2, -0.15) is 10.5 Å². The second-order valence-corrected chi connectivity index (χ2v) is 17.6.